The Hall–Kier alpha value is -2.96. The minimum atomic E-state index is -0.916. The number of fused-ring (bicyclic) bond motifs is 1. The lowest BCUT2D eigenvalue weighted by molar-refractivity contribution is -0.143. The number of para-hydroxylation sites is 1. The predicted molar refractivity (Wildman–Crippen MR) is 107 cm³/mol. The molecule has 4 rings (SSSR count). The van der Waals surface area contributed by atoms with Crippen LogP contribution in [0, 0.1) is 0 Å². The molecule has 1 saturated heterocycles. The second kappa shape index (κ2) is 7.81. The van der Waals surface area contributed by atoms with E-state index in [4.69, 9.17) is 0 Å². The number of carbonyl (C=O) groups excluding carboxylic acids is 4. The van der Waals surface area contributed by atoms with Crippen molar-refractivity contribution in [2.75, 3.05) is 18.0 Å². The Morgan fingerprint density at radius 2 is 1.83 bits per heavy atom. The quantitative estimate of drug-likeness (QED) is 0.436. The van der Waals surface area contributed by atoms with Gasteiger partial charge in [-0.25, -0.2) is 9.69 Å². The van der Waals surface area contributed by atoms with Crippen LogP contribution in [-0.4, -0.2) is 52.7 Å². The van der Waals surface area contributed by atoms with Crippen LogP contribution in [0.5, 0.6) is 0 Å². The van der Waals surface area contributed by atoms with Gasteiger partial charge in [-0.3, -0.25) is 19.3 Å². The van der Waals surface area contributed by atoms with E-state index in [1.807, 2.05) is 31.2 Å². The molecule has 2 heterocycles. The smallest absolute Gasteiger partial charge is 0.307 e. The molecule has 0 radical (unpaired) electrons. The van der Waals surface area contributed by atoms with Gasteiger partial charge in [0.15, 0.2) is 0 Å². The van der Waals surface area contributed by atoms with Crippen molar-refractivity contribution in [3.05, 3.63) is 41.5 Å². The Labute approximate surface area is 169 Å². The van der Waals surface area contributed by atoms with E-state index in [0.717, 1.165) is 53.2 Å². The van der Waals surface area contributed by atoms with Crippen LogP contribution < -0.4 is 4.90 Å². The molecular weight excluding hydrogens is 370 g/mol. The number of rotatable bonds is 5. The van der Waals surface area contributed by atoms with Crippen molar-refractivity contribution < 1.29 is 19.2 Å². The standard InChI is InChI=1S/C22H25N3O4/c1-15-13-17-9-5-6-10-18(17)25(15)19(26)14-24-21(28)20(27)23(22(24)29)12-11-16-7-3-2-4-8-16/h5-7,9-10,15H,2-4,8,11-14H2,1H3/t15-/m0/s1. The van der Waals surface area contributed by atoms with Crippen molar-refractivity contribution >= 4 is 29.4 Å². The Balaban J connectivity index is 1.44. The zero-order chi connectivity index (χ0) is 20.5. The highest BCUT2D eigenvalue weighted by atomic mass is 16.2. The lowest BCUT2D eigenvalue weighted by Gasteiger charge is -2.24. The Morgan fingerprint density at radius 3 is 2.59 bits per heavy atom. The van der Waals surface area contributed by atoms with Gasteiger partial charge in [-0.1, -0.05) is 29.8 Å². The van der Waals surface area contributed by atoms with Gasteiger partial charge in [-0.15, -0.1) is 0 Å². The van der Waals surface area contributed by atoms with Gasteiger partial charge in [0, 0.05) is 18.3 Å². The number of imide groups is 2. The number of amides is 5. The van der Waals surface area contributed by atoms with E-state index < -0.39 is 24.4 Å². The maximum absolute atomic E-state index is 12.9. The normalized spacial score (nSPS) is 21.7. The van der Waals surface area contributed by atoms with Gasteiger partial charge in [0.05, 0.1) is 0 Å². The number of hydrogen-bond donors (Lipinski definition) is 0. The number of carbonyl (C=O) groups is 4. The van der Waals surface area contributed by atoms with E-state index in [1.165, 1.54) is 5.57 Å². The minimum Gasteiger partial charge on any atom is -0.307 e. The molecule has 0 unspecified atom stereocenters. The van der Waals surface area contributed by atoms with E-state index in [-0.39, 0.29) is 18.5 Å². The van der Waals surface area contributed by atoms with Crippen molar-refractivity contribution in [2.24, 2.45) is 0 Å². The van der Waals surface area contributed by atoms with Crippen LogP contribution in [0.3, 0.4) is 0 Å². The van der Waals surface area contributed by atoms with Gasteiger partial charge in [0.25, 0.3) is 0 Å². The van der Waals surface area contributed by atoms with E-state index in [1.54, 1.807) is 4.90 Å². The fraction of sp³-hybridized carbons (Fsp3) is 0.455. The van der Waals surface area contributed by atoms with Crippen molar-refractivity contribution in [3.63, 3.8) is 0 Å². The molecule has 2 aliphatic heterocycles. The molecule has 152 valence electrons. The number of urea groups is 1. The van der Waals surface area contributed by atoms with E-state index in [0.29, 0.717) is 6.42 Å². The summed E-state index contributed by atoms with van der Waals surface area (Å²) in [5.74, 6) is -2.11. The number of hydrogen-bond acceptors (Lipinski definition) is 4. The average molecular weight is 395 g/mol. The zero-order valence-corrected chi connectivity index (χ0v) is 16.6. The first-order chi connectivity index (χ1) is 14.0. The molecule has 1 atom stereocenters. The van der Waals surface area contributed by atoms with Gasteiger partial charge in [0.2, 0.25) is 5.91 Å². The highest BCUT2D eigenvalue weighted by Gasteiger charge is 2.46. The van der Waals surface area contributed by atoms with Gasteiger partial charge >= 0.3 is 17.8 Å². The summed E-state index contributed by atoms with van der Waals surface area (Å²) in [7, 11) is 0. The lowest BCUT2D eigenvalue weighted by Crippen LogP contribution is -2.45. The molecule has 0 aromatic heterocycles. The minimum absolute atomic E-state index is 0.0576. The molecule has 5 amide bonds. The first-order valence-electron chi connectivity index (χ1n) is 10.2. The number of allylic oxidation sites excluding steroid dienone is 1. The molecule has 29 heavy (non-hydrogen) atoms. The third kappa shape index (κ3) is 3.57. The summed E-state index contributed by atoms with van der Waals surface area (Å²) in [6, 6.07) is 6.86. The molecule has 0 saturated carbocycles. The molecule has 1 fully saturated rings. The van der Waals surface area contributed by atoms with E-state index in [2.05, 4.69) is 6.08 Å². The summed E-state index contributed by atoms with van der Waals surface area (Å²) in [4.78, 5) is 53.7. The lowest BCUT2D eigenvalue weighted by atomic mass is 9.97. The monoisotopic (exact) mass is 395 g/mol. The summed E-state index contributed by atoms with van der Waals surface area (Å²) in [6.07, 6.45) is 7.74. The van der Waals surface area contributed by atoms with E-state index in [9.17, 15) is 19.2 Å². The first kappa shape index (κ1) is 19.4. The van der Waals surface area contributed by atoms with E-state index >= 15 is 0 Å². The second-order valence-corrected chi connectivity index (χ2v) is 7.93. The molecule has 0 bridgehead atoms. The predicted octanol–water partition coefficient (Wildman–Crippen LogP) is 2.65. The third-order valence-corrected chi connectivity index (χ3v) is 5.95. The van der Waals surface area contributed by atoms with Gasteiger partial charge in [-0.2, -0.15) is 0 Å². The van der Waals surface area contributed by atoms with Gasteiger partial charge in [0.1, 0.15) is 6.54 Å². The molecule has 0 spiro atoms. The zero-order valence-electron chi connectivity index (χ0n) is 16.6. The van der Waals surface area contributed by atoms with Crippen LogP contribution in [0.15, 0.2) is 35.9 Å². The average Bonchev–Trinajstić information content (AvgIpc) is 3.16. The van der Waals surface area contributed by atoms with Crippen LogP contribution in [0.25, 0.3) is 0 Å². The molecule has 1 aliphatic carbocycles. The summed E-state index contributed by atoms with van der Waals surface area (Å²) in [5, 5.41) is 0. The second-order valence-electron chi connectivity index (χ2n) is 7.93. The Kier molecular flexibility index (Phi) is 5.22. The van der Waals surface area contributed by atoms with Crippen molar-refractivity contribution in [3.8, 4) is 0 Å². The van der Waals surface area contributed by atoms with Crippen molar-refractivity contribution in [1.29, 1.82) is 0 Å². The number of benzene rings is 1. The van der Waals surface area contributed by atoms with Crippen LogP contribution in [-0.2, 0) is 20.8 Å². The molecular formula is C22H25N3O4. The summed E-state index contributed by atoms with van der Waals surface area (Å²) in [6.45, 7) is 1.70. The van der Waals surface area contributed by atoms with Crippen LogP contribution in [0.1, 0.15) is 44.6 Å². The fourth-order valence-electron chi connectivity index (χ4n) is 4.43. The highest BCUT2D eigenvalue weighted by Crippen LogP contribution is 2.32. The first-order valence-corrected chi connectivity index (χ1v) is 10.2. The third-order valence-electron chi connectivity index (χ3n) is 5.95. The summed E-state index contributed by atoms with van der Waals surface area (Å²) < 4.78 is 0. The maximum Gasteiger partial charge on any atom is 0.334 e. The SMILES string of the molecule is C[C@H]1Cc2ccccc2N1C(=O)CN1C(=O)C(=O)N(CCC2=CCCCC2)C1=O. The molecule has 1 aromatic rings. The van der Waals surface area contributed by atoms with Gasteiger partial charge in [-0.05, 0) is 57.1 Å². The largest absolute Gasteiger partial charge is 0.334 e. The maximum atomic E-state index is 12.9. The van der Waals surface area contributed by atoms with Crippen LogP contribution in [0.2, 0.25) is 0 Å². The fourth-order valence-corrected chi connectivity index (χ4v) is 4.43. The Morgan fingerprint density at radius 1 is 1.07 bits per heavy atom. The number of anilines is 1. The van der Waals surface area contributed by atoms with Crippen LogP contribution in [0.4, 0.5) is 10.5 Å². The number of nitrogens with zero attached hydrogens (tertiary/aromatic N) is 3. The topological polar surface area (TPSA) is 78.0 Å². The van der Waals surface area contributed by atoms with Gasteiger partial charge < -0.3 is 4.90 Å². The van der Waals surface area contributed by atoms with Crippen LogP contribution >= 0.6 is 0 Å². The molecule has 7 nitrogen and oxygen atoms in total. The van der Waals surface area contributed by atoms with Crippen molar-refractivity contribution in [1.82, 2.24) is 9.80 Å². The highest BCUT2D eigenvalue weighted by molar-refractivity contribution is 6.45. The Bertz CT molecular complexity index is 907. The summed E-state index contributed by atoms with van der Waals surface area (Å²) >= 11 is 0. The van der Waals surface area contributed by atoms with Crippen molar-refractivity contribution in [2.45, 2.75) is 51.5 Å². The molecule has 1 aromatic carbocycles. The molecule has 0 N–H and O–H groups in total. The summed E-state index contributed by atoms with van der Waals surface area (Å²) in [5.41, 5.74) is 3.09. The molecule has 3 aliphatic rings. The molecule has 7 heteroatoms.